The van der Waals surface area contributed by atoms with Crippen molar-refractivity contribution in [2.45, 2.75) is 24.3 Å². The van der Waals surface area contributed by atoms with Crippen molar-refractivity contribution < 1.29 is 13.2 Å². The molecule has 1 aromatic rings. The first-order chi connectivity index (χ1) is 8.61. The summed E-state index contributed by atoms with van der Waals surface area (Å²) in [6, 6.07) is 3.09. The van der Waals surface area contributed by atoms with Crippen LogP contribution in [0.3, 0.4) is 0 Å². The highest BCUT2D eigenvalue weighted by molar-refractivity contribution is 7.89. The third-order valence-electron chi connectivity index (χ3n) is 2.40. The van der Waals surface area contributed by atoms with Gasteiger partial charge in [-0.25, -0.2) is 13.1 Å². The Morgan fingerprint density at radius 2 is 2.22 bits per heavy atom. The first-order valence-corrected chi connectivity index (χ1v) is 7.22. The number of nitrogens with zero attached hydrogens (tertiary/aromatic N) is 1. The van der Waals surface area contributed by atoms with Gasteiger partial charge in [0.1, 0.15) is 4.90 Å². The zero-order valence-electron chi connectivity index (χ0n) is 10.4. The lowest BCUT2D eigenvalue weighted by Gasteiger charge is -2.09. The Kier molecular flexibility index (Phi) is 6.20. The molecule has 0 aliphatic rings. The Hall–Kier alpha value is -1.02. The number of nitrogens with two attached hydrogens (primary N) is 1. The number of methoxy groups -OCH3 is 1. The van der Waals surface area contributed by atoms with Crippen molar-refractivity contribution in [1.82, 2.24) is 9.71 Å². The molecule has 0 aliphatic heterocycles. The van der Waals surface area contributed by atoms with E-state index in [4.69, 9.17) is 10.5 Å². The fourth-order valence-corrected chi connectivity index (χ4v) is 2.75. The molecule has 18 heavy (non-hydrogen) atoms. The summed E-state index contributed by atoms with van der Waals surface area (Å²) in [5.41, 5.74) is 5.85. The first kappa shape index (κ1) is 15.0. The third-order valence-corrected chi connectivity index (χ3v) is 3.93. The maximum atomic E-state index is 12.0. The van der Waals surface area contributed by atoms with E-state index in [1.54, 1.807) is 13.2 Å². The van der Waals surface area contributed by atoms with Gasteiger partial charge in [-0.15, -0.1) is 0 Å². The molecule has 0 aliphatic carbocycles. The molecular formula is C11H19N3O3S. The minimum absolute atomic E-state index is 0.0980. The second-order valence-electron chi connectivity index (χ2n) is 3.75. The molecule has 0 saturated heterocycles. The zero-order valence-corrected chi connectivity index (χ0v) is 11.2. The van der Waals surface area contributed by atoms with Crippen LogP contribution >= 0.6 is 0 Å². The second kappa shape index (κ2) is 7.42. The van der Waals surface area contributed by atoms with Gasteiger partial charge in [0.2, 0.25) is 10.0 Å². The quantitative estimate of drug-likeness (QED) is 0.662. The number of hydrogen-bond acceptors (Lipinski definition) is 5. The van der Waals surface area contributed by atoms with Crippen molar-refractivity contribution in [2.75, 3.05) is 20.3 Å². The largest absolute Gasteiger partial charge is 0.385 e. The number of hydrogen-bond donors (Lipinski definition) is 2. The predicted octanol–water partition coefficient (Wildman–Crippen LogP) is 0.245. The van der Waals surface area contributed by atoms with E-state index in [1.165, 1.54) is 12.3 Å². The molecule has 0 fully saturated rings. The Labute approximate surface area is 108 Å². The average Bonchev–Trinajstić information content (AvgIpc) is 2.38. The lowest BCUT2D eigenvalue weighted by Crippen LogP contribution is -2.26. The molecule has 0 aromatic carbocycles. The van der Waals surface area contributed by atoms with E-state index in [1.807, 2.05) is 0 Å². The molecule has 0 unspecified atom stereocenters. The summed E-state index contributed by atoms with van der Waals surface area (Å²) >= 11 is 0. The standard InChI is InChI=1S/C11H19N3O3S/c1-17-8-3-2-7-14-18(15,16)11-5-4-6-13-10(11)9-12/h4-6,14H,2-3,7-9,12H2,1H3. The molecule has 0 radical (unpaired) electrons. The molecule has 1 heterocycles. The fraction of sp³-hybridized carbons (Fsp3) is 0.545. The highest BCUT2D eigenvalue weighted by Gasteiger charge is 2.17. The summed E-state index contributed by atoms with van der Waals surface area (Å²) < 4.78 is 31.4. The van der Waals surface area contributed by atoms with Gasteiger partial charge in [0, 0.05) is 33.0 Å². The number of rotatable bonds is 8. The van der Waals surface area contributed by atoms with Gasteiger partial charge in [-0.3, -0.25) is 4.98 Å². The summed E-state index contributed by atoms with van der Waals surface area (Å²) in [5.74, 6) is 0. The number of pyridine rings is 1. The average molecular weight is 273 g/mol. The number of sulfonamides is 1. The van der Waals surface area contributed by atoms with Gasteiger partial charge in [0.05, 0.1) is 5.69 Å². The Bertz CT molecular complexity index is 462. The van der Waals surface area contributed by atoms with Crippen molar-refractivity contribution >= 4 is 10.0 Å². The van der Waals surface area contributed by atoms with Crippen molar-refractivity contribution in [2.24, 2.45) is 5.73 Å². The highest BCUT2D eigenvalue weighted by atomic mass is 32.2. The molecule has 0 atom stereocenters. The van der Waals surface area contributed by atoms with E-state index in [2.05, 4.69) is 9.71 Å². The molecule has 1 aromatic heterocycles. The molecule has 0 amide bonds. The topological polar surface area (TPSA) is 94.3 Å². The van der Waals surface area contributed by atoms with Gasteiger partial charge in [0.25, 0.3) is 0 Å². The van der Waals surface area contributed by atoms with Crippen LogP contribution in [0.15, 0.2) is 23.2 Å². The normalized spacial score (nSPS) is 11.7. The molecule has 0 saturated carbocycles. The van der Waals surface area contributed by atoms with Crippen LogP contribution in [-0.2, 0) is 21.3 Å². The van der Waals surface area contributed by atoms with Crippen molar-refractivity contribution in [1.29, 1.82) is 0 Å². The molecule has 3 N–H and O–H groups in total. The monoisotopic (exact) mass is 273 g/mol. The minimum atomic E-state index is -3.52. The Morgan fingerprint density at radius 1 is 1.44 bits per heavy atom. The summed E-state index contributed by atoms with van der Waals surface area (Å²) in [7, 11) is -1.91. The second-order valence-corrected chi connectivity index (χ2v) is 5.49. The van der Waals surface area contributed by atoms with E-state index < -0.39 is 10.0 Å². The van der Waals surface area contributed by atoms with Gasteiger partial charge < -0.3 is 10.5 Å². The predicted molar refractivity (Wildman–Crippen MR) is 68.4 cm³/mol. The van der Waals surface area contributed by atoms with Gasteiger partial charge in [-0.05, 0) is 25.0 Å². The van der Waals surface area contributed by atoms with Crippen molar-refractivity contribution in [3.8, 4) is 0 Å². The van der Waals surface area contributed by atoms with Crippen LogP contribution in [0.25, 0.3) is 0 Å². The van der Waals surface area contributed by atoms with Gasteiger partial charge in [-0.1, -0.05) is 0 Å². The number of ether oxygens (including phenoxy) is 1. The number of nitrogens with one attached hydrogen (secondary N) is 1. The van der Waals surface area contributed by atoms with Gasteiger partial charge in [0.15, 0.2) is 0 Å². The highest BCUT2D eigenvalue weighted by Crippen LogP contribution is 2.11. The molecule has 0 bridgehead atoms. The third kappa shape index (κ3) is 4.34. The molecule has 7 heteroatoms. The lowest BCUT2D eigenvalue weighted by molar-refractivity contribution is 0.193. The van der Waals surface area contributed by atoms with Crippen molar-refractivity contribution in [3.05, 3.63) is 24.0 Å². The summed E-state index contributed by atoms with van der Waals surface area (Å²) in [6.45, 7) is 1.11. The summed E-state index contributed by atoms with van der Waals surface area (Å²) in [5, 5.41) is 0. The Balaban J connectivity index is 2.63. The maximum Gasteiger partial charge on any atom is 0.242 e. The van der Waals surface area contributed by atoms with Crippen LogP contribution in [0.4, 0.5) is 0 Å². The van der Waals surface area contributed by atoms with Crippen LogP contribution in [-0.4, -0.2) is 33.7 Å². The van der Waals surface area contributed by atoms with Crippen LogP contribution in [0.2, 0.25) is 0 Å². The molecule has 0 spiro atoms. The summed E-state index contributed by atoms with van der Waals surface area (Å²) in [6.07, 6.45) is 3.07. The van der Waals surface area contributed by atoms with E-state index in [0.29, 0.717) is 18.8 Å². The van der Waals surface area contributed by atoms with E-state index in [9.17, 15) is 8.42 Å². The van der Waals surface area contributed by atoms with Gasteiger partial charge >= 0.3 is 0 Å². The molecule has 102 valence electrons. The lowest BCUT2D eigenvalue weighted by atomic mass is 10.3. The molecule has 6 nitrogen and oxygen atoms in total. The first-order valence-electron chi connectivity index (χ1n) is 5.74. The SMILES string of the molecule is COCCCCNS(=O)(=O)c1cccnc1CN. The fourth-order valence-electron chi connectivity index (χ4n) is 1.48. The Morgan fingerprint density at radius 3 is 2.89 bits per heavy atom. The zero-order chi connectivity index (χ0) is 13.4. The number of aromatic nitrogens is 1. The smallest absolute Gasteiger partial charge is 0.242 e. The van der Waals surface area contributed by atoms with Crippen molar-refractivity contribution in [3.63, 3.8) is 0 Å². The van der Waals surface area contributed by atoms with Crippen LogP contribution < -0.4 is 10.5 Å². The maximum absolute atomic E-state index is 12.0. The van der Waals surface area contributed by atoms with E-state index >= 15 is 0 Å². The van der Waals surface area contributed by atoms with E-state index in [-0.39, 0.29) is 11.4 Å². The van der Waals surface area contributed by atoms with Gasteiger partial charge in [-0.2, -0.15) is 0 Å². The summed E-state index contributed by atoms with van der Waals surface area (Å²) in [4.78, 5) is 4.11. The van der Waals surface area contributed by atoms with Crippen LogP contribution in [0.5, 0.6) is 0 Å². The molecule has 1 rings (SSSR count). The minimum Gasteiger partial charge on any atom is -0.385 e. The molecular weight excluding hydrogens is 254 g/mol. The van der Waals surface area contributed by atoms with Crippen LogP contribution in [0.1, 0.15) is 18.5 Å². The van der Waals surface area contributed by atoms with E-state index in [0.717, 1.165) is 12.8 Å². The number of unbranched alkanes of at least 4 members (excludes halogenated alkanes) is 1. The van der Waals surface area contributed by atoms with Crippen LogP contribution in [0, 0.1) is 0 Å².